The predicted octanol–water partition coefficient (Wildman–Crippen LogP) is 3.09. The molecule has 224 valence electrons. The molecule has 0 radical (unpaired) electrons. The third kappa shape index (κ3) is 5.47. The molecule has 43 heavy (non-hydrogen) atoms. The van der Waals surface area contributed by atoms with Gasteiger partial charge in [-0.3, -0.25) is 14.2 Å². The maximum atomic E-state index is 14.2. The van der Waals surface area contributed by atoms with E-state index in [2.05, 4.69) is 11.1 Å². The number of esters is 1. The molecule has 0 N–H and O–H groups in total. The van der Waals surface area contributed by atoms with E-state index < -0.39 is 33.3 Å². The van der Waals surface area contributed by atoms with E-state index in [1.807, 2.05) is 0 Å². The molecule has 0 aliphatic carbocycles. The van der Waals surface area contributed by atoms with Crippen LogP contribution in [-0.4, -0.2) is 77.7 Å². The van der Waals surface area contributed by atoms with Crippen LogP contribution in [0.3, 0.4) is 0 Å². The molecule has 0 saturated carbocycles. The van der Waals surface area contributed by atoms with Gasteiger partial charge >= 0.3 is 11.9 Å². The van der Waals surface area contributed by atoms with Gasteiger partial charge in [-0.25, -0.2) is 23.1 Å². The third-order valence-electron chi connectivity index (χ3n) is 7.39. The second-order valence-electron chi connectivity index (χ2n) is 10.2. The number of sulfonamides is 1. The first-order valence-corrected chi connectivity index (χ1v) is 15.4. The fraction of sp³-hybridized carbons (Fsp3) is 0.321. The quantitative estimate of drug-likeness (QED) is 0.294. The summed E-state index contributed by atoms with van der Waals surface area (Å²) in [5, 5.41) is 9.54. The van der Waals surface area contributed by atoms with Gasteiger partial charge in [0, 0.05) is 42.6 Å². The topological polar surface area (TPSA) is 146 Å². The summed E-state index contributed by atoms with van der Waals surface area (Å²) in [5.41, 5.74) is -0.0179. The molecule has 0 spiro atoms. The van der Waals surface area contributed by atoms with Crippen molar-refractivity contribution in [3.05, 3.63) is 69.8 Å². The van der Waals surface area contributed by atoms with Crippen molar-refractivity contribution in [2.24, 2.45) is 0 Å². The number of hydrogen-bond acceptors (Lipinski definition) is 8. The number of carbonyl (C=O) groups excluding carboxylic acids is 3. The number of halogens is 2. The SMILES string of the molecule is CCOC(=O)C(=O)N1CCN(S(=O)(=O)c2cnc3n2C(C)(Cc2ccc(C#N)cc2)C(=O)N3c2cc(Cl)cc(Cl)c2)CC1. The second kappa shape index (κ2) is 11.6. The zero-order valence-corrected chi connectivity index (χ0v) is 25.5. The van der Waals surface area contributed by atoms with Crippen LogP contribution in [0.25, 0.3) is 0 Å². The Bertz CT molecular complexity index is 1740. The molecule has 3 heterocycles. The van der Waals surface area contributed by atoms with Crippen LogP contribution in [-0.2, 0) is 41.1 Å². The van der Waals surface area contributed by atoms with Crippen LogP contribution in [0.5, 0.6) is 0 Å². The molecule has 2 aliphatic heterocycles. The highest BCUT2D eigenvalue weighted by Crippen LogP contribution is 2.44. The van der Waals surface area contributed by atoms with E-state index in [9.17, 15) is 28.1 Å². The van der Waals surface area contributed by atoms with Gasteiger partial charge < -0.3 is 9.64 Å². The van der Waals surface area contributed by atoms with E-state index in [1.165, 1.54) is 43.1 Å². The van der Waals surface area contributed by atoms with Crippen molar-refractivity contribution in [2.45, 2.75) is 30.8 Å². The van der Waals surface area contributed by atoms with E-state index in [1.54, 1.807) is 38.1 Å². The standard InChI is InChI=1S/C28H26Cl2N6O6S/c1-3-42-25(38)24(37)33-8-10-34(11-9-33)43(40,41)23-17-32-27-35(22-13-20(29)12-21(30)14-22)26(39)28(2,36(23)27)15-18-4-6-19(16-31)7-5-18/h4-7,12-14,17H,3,8-11,15H2,1-2H3. The number of nitrogens with zero attached hydrogens (tertiary/aromatic N) is 6. The summed E-state index contributed by atoms with van der Waals surface area (Å²) in [7, 11) is -4.24. The van der Waals surface area contributed by atoms with Gasteiger partial charge in [0.05, 0.1) is 30.1 Å². The summed E-state index contributed by atoms with van der Waals surface area (Å²) in [4.78, 5) is 45.4. The van der Waals surface area contributed by atoms with Gasteiger partial charge in [-0.05, 0) is 49.7 Å². The number of carbonyl (C=O) groups is 3. The highest BCUT2D eigenvalue weighted by molar-refractivity contribution is 7.89. The van der Waals surface area contributed by atoms with Crippen LogP contribution in [0, 0.1) is 11.3 Å². The lowest BCUT2D eigenvalue weighted by Gasteiger charge is -2.34. The first-order valence-electron chi connectivity index (χ1n) is 13.2. The summed E-state index contributed by atoms with van der Waals surface area (Å²) in [6.45, 7) is 3.05. The minimum atomic E-state index is -4.24. The number of aromatic nitrogens is 2. The molecule has 2 aliphatic rings. The van der Waals surface area contributed by atoms with Gasteiger partial charge in [-0.2, -0.15) is 9.57 Å². The van der Waals surface area contributed by atoms with Gasteiger partial charge in [0.1, 0.15) is 5.54 Å². The zero-order valence-electron chi connectivity index (χ0n) is 23.2. The van der Waals surface area contributed by atoms with Crippen molar-refractivity contribution >= 4 is 62.6 Å². The van der Waals surface area contributed by atoms with Crippen LogP contribution in [0.4, 0.5) is 11.6 Å². The van der Waals surface area contributed by atoms with Crippen molar-refractivity contribution in [1.82, 2.24) is 18.8 Å². The third-order valence-corrected chi connectivity index (χ3v) is 9.68. The molecule has 3 aromatic rings. The maximum absolute atomic E-state index is 14.2. The fourth-order valence-corrected chi connectivity index (χ4v) is 7.42. The number of benzene rings is 2. The molecule has 1 atom stereocenters. The van der Waals surface area contributed by atoms with Gasteiger partial charge in [0.2, 0.25) is 5.95 Å². The Kier molecular flexibility index (Phi) is 8.24. The van der Waals surface area contributed by atoms with Crippen LogP contribution >= 0.6 is 23.2 Å². The Morgan fingerprint density at radius 1 is 1.07 bits per heavy atom. The van der Waals surface area contributed by atoms with Crippen LogP contribution in [0.1, 0.15) is 25.0 Å². The van der Waals surface area contributed by atoms with Crippen LogP contribution in [0.15, 0.2) is 53.7 Å². The maximum Gasteiger partial charge on any atom is 0.397 e. The summed E-state index contributed by atoms with van der Waals surface area (Å²) in [6, 6.07) is 13.3. The smallest absolute Gasteiger partial charge is 0.397 e. The van der Waals surface area contributed by atoms with Crippen LogP contribution < -0.4 is 4.90 Å². The monoisotopic (exact) mass is 644 g/mol. The lowest BCUT2D eigenvalue weighted by Crippen LogP contribution is -2.52. The van der Waals surface area contributed by atoms with Crippen molar-refractivity contribution in [3.8, 4) is 6.07 Å². The highest BCUT2D eigenvalue weighted by atomic mass is 35.5. The van der Waals surface area contributed by atoms with E-state index in [0.717, 1.165) is 0 Å². The Labute approximate surface area is 258 Å². The number of nitriles is 1. The molecular weight excluding hydrogens is 619 g/mol. The lowest BCUT2D eigenvalue weighted by molar-refractivity contribution is -0.160. The summed E-state index contributed by atoms with van der Waals surface area (Å²) >= 11 is 12.5. The number of ether oxygens (including phenoxy) is 1. The molecule has 1 unspecified atom stereocenters. The molecule has 1 saturated heterocycles. The zero-order chi connectivity index (χ0) is 31.1. The van der Waals surface area contributed by atoms with Crippen molar-refractivity contribution < 1.29 is 27.5 Å². The predicted molar refractivity (Wildman–Crippen MR) is 156 cm³/mol. The molecule has 12 nitrogen and oxygen atoms in total. The summed E-state index contributed by atoms with van der Waals surface area (Å²) < 4.78 is 35.5. The second-order valence-corrected chi connectivity index (χ2v) is 12.9. The Balaban J connectivity index is 1.54. The minimum Gasteiger partial charge on any atom is -0.459 e. The Morgan fingerprint density at radius 2 is 1.70 bits per heavy atom. The molecular formula is C28H26Cl2N6O6S. The number of anilines is 2. The first kappa shape index (κ1) is 30.5. The normalized spacial score (nSPS) is 18.8. The average molecular weight is 646 g/mol. The van der Waals surface area contributed by atoms with Crippen molar-refractivity contribution in [1.29, 1.82) is 5.26 Å². The molecule has 1 fully saturated rings. The molecule has 1 aromatic heterocycles. The number of amides is 2. The molecule has 15 heteroatoms. The molecule has 2 amide bonds. The first-order chi connectivity index (χ1) is 20.4. The van der Waals surface area contributed by atoms with E-state index in [4.69, 9.17) is 27.9 Å². The average Bonchev–Trinajstić information content (AvgIpc) is 3.51. The molecule has 0 bridgehead atoms. The summed E-state index contributed by atoms with van der Waals surface area (Å²) in [5.74, 6) is -2.22. The van der Waals surface area contributed by atoms with Gasteiger partial charge in [0.15, 0.2) is 5.03 Å². The van der Waals surface area contributed by atoms with E-state index >= 15 is 0 Å². The number of piperazine rings is 1. The van der Waals surface area contributed by atoms with Crippen LogP contribution in [0.2, 0.25) is 10.0 Å². The number of rotatable bonds is 6. The highest BCUT2D eigenvalue weighted by Gasteiger charge is 2.52. The Morgan fingerprint density at radius 3 is 2.28 bits per heavy atom. The number of hydrogen-bond donors (Lipinski definition) is 0. The van der Waals surface area contributed by atoms with Crippen molar-refractivity contribution in [3.63, 3.8) is 0 Å². The van der Waals surface area contributed by atoms with E-state index in [-0.39, 0.29) is 60.2 Å². The van der Waals surface area contributed by atoms with Crippen molar-refractivity contribution in [2.75, 3.05) is 37.7 Å². The molecule has 5 rings (SSSR count). The number of fused-ring (bicyclic) bond motifs is 1. The fourth-order valence-electron chi connectivity index (χ4n) is 5.29. The number of imidazole rings is 1. The Hall–Kier alpha value is -3.96. The van der Waals surface area contributed by atoms with Gasteiger partial charge in [-0.1, -0.05) is 35.3 Å². The van der Waals surface area contributed by atoms with Gasteiger partial charge in [0.25, 0.3) is 15.9 Å². The summed E-state index contributed by atoms with van der Waals surface area (Å²) in [6.07, 6.45) is 1.28. The largest absolute Gasteiger partial charge is 0.459 e. The lowest BCUT2D eigenvalue weighted by atomic mass is 9.91. The van der Waals surface area contributed by atoms with E-state index in [0.29, 0.717) is 16.8 Å². The molecule has 2 aromatic carbocycles. The van der Waals surface area contributed by atoms with Gasteiger partial charge in [-0.15, -0.1) is 0 Å². The minimum absolute atomic E-state index is 0.0214.